The molecule has 22 heavy (non-hydrogen) atoms. The van der Waals surface area contributed by atoms with Crippen molar-refractivity contribution >= 4 is 39.2 Å². The number of allylic oxidation sites excluding steroid dienone is 1. The predicted octanol–water partition coefficient (Wildman–Crippen LogP) is 3.11. The second kappa shape index (κ2) is 7.24. The zero-order valence-electron chi connectivity index (χ0n) is 12.9. The standard InChI is InChI=1S/C16H20BrN3OS/c1-4-20(5-2)15(21)13-10(3)18-16(22)19-14(13)11-8-6-7-9-12(11)17/h6-9,14H,4-5H2,1-3H3,(H2,18,19,22)/t14-/m1/s1. The van der Waals surface area contributed by atoms with Gasteiger partial charge in [0, 0.05) is 23.3 Å². The van der Waals surface area contributed by atoms with Gasteiger partial charge in [-0.3, -0.25) is 4.79 Å². The number of nitrogens with one attached hydrogen (secondary N) is 2. The molecule has 1 aliphatic rings. The maximum Gasteiger partial charge on any atom is 0.253 e. The second-order valence-electron chi connectivity index (χ2n) is 5.07. The molecule has 6 heteroatoms. The number of halogens is 1. The average Bonchev–Trinajstić information content (AvgIpc) is 2.48. The normalized spacial score (nSPS) is 17.8. The monoisotopic (exact) mass is 381 g/mol. The second-order valence-corrected chi connectivity index (χ2v) is 6.33. The summed E-state index contributed by atoms with van der Waals surface area (Å²) < 4.78 is 0.954. The van der Waals surface area contributed by atoms with Crippen molar-refractivity contribution in [3.05, 3.63) is 45.6 Å². The van der Waals surface area contributed by atoms with Gasteiger partial charge >= 0.3 is 0 Å². The molecular formula is C16H20BrN3OS. The minimum atomic E-state index is -0.252. The number of rotatable bonds is 4. The van der Waals surface area contributed by atoms with Crippen molar-refractivity contribution in [1.82, 2.24) is 15.5 Å². The highest BCUT2D eigenvalue weighted by molar-refractivity contribution is 9.10. The highest BCUT2D eigenvalue weighted by Gasteiger charge is 2.32. The summed E-state index contributed by atoms with van der Waals surface area (Å²) in [6, 6.07) is 7.63. The lowest BCUT2D eigenvalue weighted by molar-refractivity contribution is -0.127. The van der Waals surface area contributed by atoms with E-state index in [1.165, 1.54) is 0 Å². The van der Waals surface area contributed by atoms with E-state index in [2.05, 4.69) is 26.6 Å². The van der Waals surface area contributed by atoms with E-state index in [1.54, 1.807) is 0 Å². The fourth-order valence-electron chi connectivity index (χ4n) is 2.60. The maximum absolute atomic E-state index is 12.9. The molecule has 1 atom stereocenters. The van der Waals surface area contributed by atoms with Gasteiger partial charge in [0.25, 0.3) is 5.91 Å². The summed E-state index contributed by atoms with van der Waals surface area (Å²) in [6.07, 6.45) is 0. The molecule has 1 aromatic rings. The topological polar surface area (TPSA) is 44.4 Å². The summed E-state index contributed by atoms with van der Waals surface area (Å²) in [6.45, 7) is 7.23. The van der Waals surface area contributed by atoms with Crippen molar-refractivity contribution in [3.63, 3.8) is 0 Å². The van der Waals surface area contributed by atoms with E-state index in [0.717, 1.165) is 15.7 Å². The number of hydrogen-bond acceptors (Lipinski definition) is 2. The van der Waals surface area contributed by atoms with Crippen LogP contribution in [0.2, 0.25) is 0 Å². The number of amides is 1. The quantitative estimate of drug-likeness (QED) is 0.786. The molecule has 2 rings (SSSR count). The van der Waals surface area contributed by atoms with E-state index in [0.29, 0.717) is 23.8 Å². The van der Waals surface area contributed by atoms with E-state index in [-0.39, 0.29) is 11.9 Å². The number of nitrogens with zero attached hydrogens (tertiary/aromatic N) is 1. The van der Waals surface area contributed by atoms with Crippen molar-refractivity contribution in [3.8, 4) is 0 Å². The van der Waals surface area contributed by atoms with Gasteiger partial charge in [0.05, 0.1) is 11.6 Å². The van der Waals surface area contributed by atoms with E-state index < -0.39 is 0 Å². The maximum atomic E-state index is 12.9. The molecule has 4 nitrogen and oxygen atoms in total. The average molecular weight is 382 g/mol. The molecule has 0 bridgehead atoms. The molecule has 0 radical (unpaired) electrons. The molecule has 0 aliphatic carbocycles. The molecule has 2 N–H and O–H groups in total. The summed E-state index contributed by atoms with van der Waals surface area (Å²) >= 11 is 8.84. The molecule has 1 aromatic carbocycles. The van der Waals surface area contributed by atoms with E-state index in [1.807, 2.05) is 49.9 Å². The molecular weight excluding hydrogens is 362 g/mol. The molecule has 1 amide bonds. The number of thiocarbonyl (C=S) groups is 1. The Bertz CT molecular complexity index is 626. The predicted molar refractivity (Wildman–Crippen MR) is 96.4 cm³/mol. The van der Waals surface area contributed by atoms with Gasteiger partial charge in [-0.25, -0.2) is 0 Å². The van der Waals surface area contributed by atoms with Crippen LogP contribution in [0.25, 0.3) is 0 Å². The number of hydrogen-bond donors (Lipinski definition) is 2. The van der Waals surface area contributed by atoms with Crippen LogP contribution in [0.3, 0.4) is 0 Å². The summed E-state index contributed by atoms with van der Waals surface area (Å²) in [5.74, 6) is 0.0331. The van der Waals surface area contributed by atoms with Crippen LogP contribution in [0.4, 0.5) is 0 Å². The van der Waals surface area contributed by atoms with Crippen molar-refractivity contribution in [2.75, 3.05) is 13.1 Å². The zero-order chi connectivity index (χ0) is 16.3. The molecule has 0 saturated heterocycles. The highest BCUT2D eigenvalue weighted by Crippen LogP contribution is 2.32. The number of benzene rings is 1. The molecule has 1 aliphatic heterocycles. The summed E-state index contributed by atoms with van der Waals surface area (Å²) in [4.78, 5) is 14.7. The fourth-order valence-corrected chi connectivity index (χ4v) is 3.39. The minimum absolute atomic E-state index is 0.0331. The molecule has 118 valence electrons. The minimum Gasteiger partial charge on any atom is -0.351 e. The third-order valence-corrected chi connectivity index (χ3v) is 4.71. The Hall–Kier alpha value is -1.40. The van der Waals surface area contributed by atoms with E-state index in [9.17, 15) is 4.79 Å². The Labute approximate surface area is 145 Å². The van der Waals surface area contributed by atoms with Crippen molar-refractivity contribution in [2.24, 2.45) is 0 Å². The van der Waals surface area contributed by atoms with E-state index >= 15 is 0 Å². The SMILES string of the molecule is CCN(CC)C(=O)C1=C(C)NC(=S)N[C@@H]1c1ccccc1Br. The van der Waals surface area contributed by atoms with Gasteiger partial charge in [-0.1, -0.05) is 34.1 Å². The smallest absolute Gasteiger partial charge is 0.253 e. The van der Waals surface area contributed by atoms with Crippen molar-refractivity contribution in [1.29, 1.82) is 0 Å². The third kappa shape index (κ3) is 3.33. The molecule has 0 saturated carbocycles. The lowest BCUT2D eigenvalue weighted by Gasteiger charge is -2.33. The van der Waals surface area contributed by atoms with Crippen LogP contribution in [0.5, 0.6) is 0 Å². The zero-order valence-corrected chi connectivity index (χ0v) is 15.3. The third-order valence-electron chi connectivity index (χ3n) is 3.77. The largest absolute Gasteiger partial charge is 0.351 e. The van der Waals surface area contributed by atoms with Crippen LogP contribution in [0.1, 0.15) is 32.4 Å². The van der Waals surface area contributed by atoms with Gasteiger partial charge in [0.15, 0.2) is 5.11 Å². The Morgan fingerprint density at radius 3 is 2.55 bits per heavy atom. The van der Waals surface area contributed by atoms with Gasteiger partial charge in [0.2, 0.25) is 0 Å². The van der Waals surface area contributed by atoms with E-state index in [4.69, 9.17) is 12.2 Å². The molecule has 0 unspecified atom stereocenters. The fraction of sp³-hybridized carbons (Fsp3) is 0.375. The Morgan fingerprint density at radius 2 is 1.95 bits per heavy atom. The summed E-state index contributed by atoms with van der Waals surface area (Å²) in [7, 11) is 0. The highest BCUT2D eigenvalue weighted by atomic mass is 79.9. The van der Waals surface area contributed by atoms with Gasteiger partial charge in [-0.05, 0) is 44.6 Å². The Kier molecular flexibility index (Phi) is 5.58. The first kappa shape index (κ1) is 17.0. The van der Waals surface area contributed by atoms with Crippen LogP contribution in [0, 0.1) is 0 Å². The van der Waals surface area contributed by atoms with Gasteiger partial charge in [-0.15, -0.1) is 0 Å². The van der Waals surface area contributed by atoms with Crippen LogP contribution < -0.4 is 10.6 Å². The van der Waals surface area contributed by atoms with Crippen molar-refractivity contribution < 1.29 is 4.79 Å². The first-order chi connectivity index (χ1) is 10.5. The summed E-state index contributed by atoms with van der Waals surface area (Å²) in [5, 5.41) is 6.83. The lowest BCUT2D eigenvalue weighted by atomic mass is 9.94. The van der Waals surface area contributed by atoms with Gasteiger partial charge in [-0.2, -0.15) is 0 Å². The molecule has 0 fully saturated rings. The van der Waals surface area contributed by atoms with Crippen LogP contribution in [-0.4, -0.2) is 29.0 Å². The lowest BCUT2D eigenvalue weighted by Crippen LogP contribution is -2.47. The van der Waals surface area contributed by atoms with Gasteiger partial charge < -0.3 is 15.5 Å². The number of carbonyl (C=O) groups excluding carboxylic acids is 1. The molecule has 0 spiro atoms. The summed E-state index contributed by atoms with van der Waals surface area (Å²) in [5.41, 5.74) is 2.52. The van der Waals surface area contributed by atoms with Gasteiger partial charge in [0.1, 0.15) is 0 Å². The van der Waals surface area contributed by atoms with Crippen molar-refractivity contribution in [2.45, 2.75) is 26.8 Å². The molecule has 1 heterocycles. The van der Waals surface area contributed by atoms with Crippen LogP contribution in [0.15, 0.2) is 40.0 Å². The number of carbonyl (C=O) groups is 1. The Morgan fingerprint density at radius 1 is 1.32 bits per heavy atom. The van der Waals surface area contributed by atoms with Crippen LogP contribution in [-0.2, 0) is 4.79 Å². The number of likely N-dealkylation sites (N-methyl/N-ethyl adjacent to an activating group) is 1. The molecule has 0 aromatic heterocycles. The first-order valence-electron chi connectivity index (χ1n) is 7.31. The van der Waals surface area contributed by atoms with Crippen LogP contribution >= 0.6 is 28.1 Å². The first-order valence-corrected chi connectivity index (χ1v) is 8.51. The Balaban J connectivity index is 2.50.